The van der Waals surface area contributed by atoms with Crippen molar-refractivity contribution in [3.63, 3.8) is 0 Å². The number of nitrogens with one attached hydrogen (secondary N) is 2. The predicted molar refractivity (Wildman–Crippen MR) is 101 cm³/mol. The molecule has 0 aliphatic carbocycles. The molecular formula is C20H31N3O2. The lowest BCUT2D eigenvalue weighted by Crippen LogP contribution is -2.50. The van der Waals surface area contributed by atoms with Gasteiger partial charge >= 0.3 is 0 Å². The molecule has 2 saturated heterocycles. The van der Waals surface area contributed by atoms with E-state index in [9.17, 15) is 4.79 Å². The van der Waals surface area contributed by atoms with Gasteiger partial charge in [-0.2, -0.15) is 0 Å². The third kappa shape index (κ3) is 4.95. The second kappa shape index (κ2) is 9.20. The average Bonchev–Trinajstić information content (AvgIpc) is 2.66. The van der Waals surface area contributed by atoms with Crippen LogP contribution in [0.5, 0.6) is 5.75 Å². The van der Waals surface area contributed by atoms with E-state index in [1.807, 2.05) is 24.3 Å². The van der Waals surface area contributed by atoms with E-state index in [0.717, 1.165) is 30.7 Å². The molecule has 0 bridgehead atoms. The minimum atomic E-state index is 0.0277. The first-order valence-electron chi connectivity index (χ1n) is 9.65. The number of para-hydroxylation sites is 2. The standard InChI is InChI=1S/C20H31N3O2/c1-25-19-10-3-2-8-17(19)22-20(24)11-12-21-15-16-7-6-14-23-13-5-4-9-18(16)23/h2-3,8,10,16,18,21H,4-7,9,11-15H2,1H3,(H,22,24)/t16-,18+/m0/s1. The SMILES string of the molecule is COc1ccccc1NC(=O)CCNC[C@@H]1CCCN2CCCC[C@H]12. The van der Waals surface area contributed by atoms with E-state index in [2.05, 4.69) is 15.5 Å². The third-order valence-corrected chi connectivity index (χ3v) is 5.55. The van der Waals surface area contributed by atoms with Crippen molar-refractivity contribution in [3.8, 4) is 5.75 Å². The highest BCUT2D eigenvalue weighted by molar-refractivity contribution is 5.92. The first-order valence-corrected chi connectivity index (χ1v) is 9.65. The van der Waals surface area contributed by atoms with Crippen LogP contribution in [0.3, 0.4) is 0 Å². The van der Waals surface area contributed by atoms with Crippen LogP contribution in [-0.4, -0.2) is 50.1 Å². The Balaban J connectivity index is 1.38. The topological polar surface area (TPSA) is 53.6 Å². The van der Waals surface area contributed by atoms with Gasteiger partial charge in [-0.3, -0.25) is 4.79 Å². The van der Waals surface area contributed by atoms with Gasteiger partial charge in [0, 0.05) is 19.0 Å². The van der Waals surface area contributed by atoms with Crippen molar-refractivity contribution in [1.29, 1.82) is 0 Å². The van der Waals surface area contributed by atoms with Crippen LogP contribution < -0.4 is 15.4 Å². The molecule has 25 heavy (non-hydrogen) atoms. The highest BCUT2D eigenvalue weighted by Crippen LogP contribution is 2.30. The summed E-state index contributed by atoms with van der Waals surface area (Å²) in [5.41, 5.74) is 0.736. The Morgan fingerprint density at radius 1 is 1.20 bits per heavy atom. The number of fused-ring (bicyclic) bond motifs is 1. The highest BCUT2D eigenvalue weighted by Gasteiger charge is 2.32. The van der Waals surface area contributed by atoms with Crippen LogP contribution >= 0.6 is 0 Å². The summed E-state index contributed by atoms with van der Waals surface area (Å²) in [5.74, 6) is 1.47. The molecule has 0 spiro atoms. The Kier molecular flexibility index (Phi) is 6.70. The molecule has 0 saturated carbocycles. The molecule has 1 amide bonds. The maximum atomic E-state index is 12.1. The average molecular weight is 345 g/mol. The Morgan fingerprint density at radius 3 is 2.92 bits per heavy atom. The lowest BCUT2D eigenvalue weighted by atomic mass is 9.83. The van der Waals surface area contributed by atoms with E-state index < -0.39 is 0 Å². The van der Waals surface area contributed by atoms with Gasteiger partial charge < -0.3 is 20.3 Å². The summed E-state index contributed by atoms with van der Waals surface area (Å²) < 4.78 is 5.27. The molecule has 2 N–H and O–H groups in total. The van der Waals surface area contributed by atoms with Crippen LogP contribution in [0.1, 0.15) is 38.5 Å². The highest BCUT2D eigenvalue weighted by atomic mass is 16.5. The number of amides is 1. The summed E-state index contributed by atoms with van der Waals surface area (Å²) in [5, 5.41) is 6.45. The molecule has 1 aromatic rings. The van der Waals surface area contributed by atoms with Crippen LogP contribution in [0.25, 0.3) is 0 Å². The summed E-state index contributed by atoms with van der Waals surface area (Å²) in [6.07, 6.45) is 7.21. The van der Waals surface area contributed by atoms with Crippen LogP contribution in [0.2, 0.25) is 0 Å². The molecule has 2 aliphatic heterocycles. The van der Waals surface area contributed by atoms with E-state index >= 15 is 0 Å². The van der Waals surface area contributed by atoms with Gasteiger partial charge in [-0.1, -0.05) is 18.6 Å². The number of rotatable bonds is 7. The quantitative estimate of drug-likeness (QED) is 0.746. The van der Waals surface area contributed by atoms with Crippen molar-refractivity contribution >= 4 is 11.6 Å². The number of methoxy groups -OCH3 is 1. The summed E-state index contributed by atoms with van der Waals surface area (Å²) in [6, 6.07) is 8.28. The minimum absolute atomic E-state index is 0.0277. The fourth-order valence-electron chi connectivity index (χ4n) is 4.27. The molecule has 5 nitrogen and oxygen atoms in total. The predicted octanol–water partition coefficient (Wildman–Crippen LogP) is 2.88. The number of carbonyl (C=O) groups is 1. The number of hydrogen-bond donors (Lipinski definition) is 2. The first-order chi connectivity index (χ1) is 12.3. The van der Waals surface area contributed by atoms with Crippen LogP contribution in [0.15, 0.2) is 24.3 Å². The first kappa shape index (κ1) is 18.2. The lowest BCUT2D eigenvalue weighted by Gasteiger charge is -2.44. The fourth-order valence-corrected chi connectivity index (χ4v) is 4.27. The van der Waals surface area contributed by atoms with Gasteiger partial charge in [0.05, 0.1) is 12.8 Å². The number of piperidine rings is 2. The number of carbonyl (C=O) groups excluding carboxylic acids is 1. The number of anilines is 1. The number of benzene rings is 1. The van der Waals surface area contributed by atoms with Crippen molar-refractivity contribution in [3.05, 3.63) is 24.3 Å². The maximum absolute atomic E-state index is 12.1. The van der Waals surface area contributed by atoms with Gasteiger partial charge in [0.1, 0.15) is 5.75 Å². The van der Waals surface area contributed by atoms with E-state index in [1.54, 1.807) is 7.11 Å². The zero-order valence-electron chi connectivity index (χ0n) is 15.3. The van der Waals surface area contributed by atoms with Gasteiger partial charge in [-0.05, 0) is 63.4 Å². The zero-order valence-corrected chi connectivity index (χ0v) is 15.3. The van der Waals surface area contributed by atoms with Crippen molar-refractivity contribution in [2.75, 3.05) is 38.6 Å². The van der Waals surface area contributed by atoms with E-state index in [1.165, 1.54) is 45.2 Å². The smallest absolute Gasteiger partial charge is 0.225 e. The molecule has 0 aromatic heterocycles. The summed E-state index contributed by atoms with van der Waals surface area (Å²) in [7, 11) is 1.62. The normalized spacial score (nSPS) is 23.7. The molecule has 2 aliphatic rings. The molecule has 2 heterocycles. The molecule has 0 unspecified atom stereocenters. The van der Waals surface area contributed by atoms with Gasteiger partial charge in [0.15, 0.2) is 0 Å². The van der Waals surface area contributed by atoms with Crippen LogP contribution in [0, 0.1) is 5.92 Å². The largest absolute Gasteiger partial charge is 0.495 e. The Morgan fingerprint density at radius 2 is 2.04 bits per heavy atom. The summed E-state index contributed by atoms with van der Waals surface area (Å²) >= 11 is 0. The molecule has 2 fully saturated rings. The maximum Gasteiger partial charge on any atom is 0.225 e. The fraction of sp³-hybridized carbons (Fsp3) is 0.650. The summed E-state index contributed by atoms with van der Waals surface area (Å²) in [4.78, 5) is 14.8. The van der Waals surface area contributed by atoms with E-state index in [4.69, 9.17) is 4.74 Å². The second-order valence-electron chi connectivity index (χ2n) is 7.20. The van der Waals surface area contributed by atoms with Gasteiger partial charge in [-0.25, -0.2) is 0 Å². The third-order valence-electron chi connectivity index (χ3n) is 5.55. The van der Waals surface area contributed by atoms with Gasteiger partial charge in [0.25, 0.3) is 0 Å². The number of ether oxygens (including phenoxy) is 1. The van der Waals surface area contributed by atoms with Crippen molar-refractivity contribution in [2.24, 2.45) is 5.92 Å². The molecular weight excluding hydrogens is 314 g/mol. The lowest BCUT2D eigenvalue weighted by molar-refractivity contribution is -0.116. The van der Waals surface area contributed by atoms with Crippen LogP contribution in [0.4, 0.5) is 5.69 Å². The van der Waals surface area contributed by atoms with Crippen molar-refractivity contribution in [1.82, 2.24) is 10.2 Å². The van der Waals surface area contributed by atoms with Crippen LogP contribution in [-0.2, 0) is 4.79 Å². The van der Waals surface area contributed by atoms with Gasteiger partial charge in [0.2, 0.25) is 5.91 Å². The molecule has 0 radical (unpaired) electrons. The Hall–Kier alpha value is -1.59. The summed E-state index contributed by atoms with van der Waals surface area (Å²) in [6.45, 7) is 4.32. The second-order valence-corrected chi connectivity index (χ2v) is 7.20. The molecule has 5 heteroatoms. The number of nitrogens with zero attached hydrogens (tertiary/aromatic N) is 1. The van der Waals surface area contributed by atoms with Gasteiger partial charge in [-0.15, -0.1) is 0 Å². The number of hydrogen-bond acceptors (Lipinski definition) is 4. The Labute approximate surface area is 151 Å². The Bertz CT molecular complexity index is 562. The van der Waals surface area contributed by atoms with E-state index in [0.29, 0.717) is 12.2 Å². The van der Waals surface area contributed by atoms with E-state index in [-0.39, 0.29) is 5.91 Å². The zero-order chi connectivity index (χ0) is 17.5. The minimum Gasteiger partial charge on any atom is -0.495 e. The molecule has 2 atom stereocenters. The molecule has 1 aromatic carbocycles. The molecule has 138 valence electrons. The monoisotopic (exact) mass is 345 g/mol. The van der Waals surface area contributed by atoms with Crippen molar-refractivity contribution < 1.29 is 9.53 Å². The van der Waals surface area contributed by atoms with Crippen molar-refractivity contribution in [2.45, 2.75) is 44.6 Å². The molecule has 3 rings (SSSR count).